The van der Waals surface area contributed by atoms with Crippen LogP contribution in [0.3, 0.4) is 0 Å². The van der Waals surface area contributed by atoms with E-state index in [0.29, 0.717) is 35.6 Å². The van der Waals surface area contributed by atoms with Crippen molar-refractivity contribution in [3.63, 3.8) is 0 Å². The van der Waals surface area contributed by atoms with Gasteiger partial charge in [0.15, 0.2) is 5.49 Å². The second-order valence-electron chi connectivity index (χ2n) is 6.32. The van der Waals surface area contributed by atoms with Gasteiger partial charge in [0.1, 0.15) is 17.0 Å². The van der Waals surface area contributed by atoms with Gasteiger partial charge in [-0.2, -0.15) is 4.98 Å². The van der Waals surface area contributed by atoms with Crippen LogP contribution in [0.5, 0.6) is 5.88 Å². The summed E-state index contributed by atoms with van der Waals surface area (Å²) in [5.74, 6) is 0.393. The first-order valence-electron chi connectivity index (χ1n) is 9.14. The Hall–Kier alpha value is -3.40. The summed E-state index contributed by atoms with van der Waals surface area (Å²) in [5, 5.41) is 2.87. The molecule has 0 atom stereocenters. The Kier molecular flexibility index (Phi) is 5.66. The SMILES string of the molecule is COc1ncccc1C(=O)NCCn1c2nc(=Nc3ccc(F)cc3)c(SC)c1[nH]2. The number of hydrogen-bond donors (Lipinski definition) is 2. The molecule has 154 valence electrons. The highest BCUT2D eigenvalue weighted by molar-refractivity contribution is 7.98. The van der Waals surface area contributed by atoms with Gasteiger partial charge in [-0.05, 0) is 42.7 Å². The molecule has 30 heavy (non-hydrogen) atoms. The molecule has 10 heteroatoms. The van der Waals surface area contributed by atoms with Crippen LogP contribution in [0.25, 0.3) is 11.4 Å². The normalized spacial score (nSPS) is 11.9. The lowest BCUT2D eigenvalue weighted by Gasteiger charge is -2.19. The van der Waals surface area contributed by atoms with Gasteiger partial charge in [-0.25, -0.2) is 14.4 Å². The van der Waals surface area contributed by atoms with Gasteiger partial charge in [-0.1, -0.05) is 0 Å². The van der Waals surface area contributed by atoms with E-state index in [4.69, 9.17) is 4.74 Å². The molecule has 5 rings (SSSR count). The standard InChI is InChI=1S/C20H19FN6O2S/c1-29-19-14(4-3-9-23-19)18(28)22-10-11-27-17-15(30-2)16(25-20(27)26-17)24-13-7-5-12(21)6-8-13/h3-9H,10-11H2,1-2H3,(H,22,28)(H,24,25,26). The number of nitrogens with one attached hydrogen (secondary N) is 2. The Bertz CT molecular complexity index is 1230. The maximum atomic E-state index is 13.1. The maximum absolute atomic E-state index is 13.1. The number of rotatable bonds is 7. The van der Waals surface area contributed by atoms with E-state index in [9.17, 15) is 9.18 Å². The van der Waals surface area contributed by atoms with Crippen LogP contribution >= 0.6 is 11.8 Å². The van der Waals surface area contributed by atoms with Crippen LogP contribution in [-0.4, -0.2) is 45.3 Å². The number of hydrogen-bond acceptors (Lipinski definition) is 6. The minimum absolute atomic E-state index is 0.252. The van der Waals surface area contributed by atoms with Crippen molar-refractivity contribution in [2.24, 2.45) is 4.99 Å². The van der Waals surface area contributed by atoms with Crippen molar-refractivity contribution in [1.29, 1.82) is 0 Å². The summed E-state index contributed by atoms with van der Waals surface area (Å²) in [4.78, 5) is 29.6. The van der Waals surface area contributed by atoms with E-state index >= 15 is 0 Å². The van der Waals surface area contributed by atoms with Gasteiger partial charge in [-0.3, -0.25) is 9.36 Å². The summed E-state index contributed by atoms with van der Waals surface area (Å²) in [6, 6.07) is 9.31. The minimum atomic E-state index is -0.306. The van der Waals surface area contributed by atoms with Crippen molar-refractivity contribution >= 4 is 34.8 Å². The zero-order valence-electron chi connectivity index (χ0n) is 16.3. The molecule has 4 aromatic heterocycles. The number of nitrogens with zero attached hydrogens (tertiary/aromatic N) is 4. The molecule has 5 aromatic rings. The number of halogens is 1. The zero-order valence-corrected chi connectivity index (χ0v) is 17.2. The van der Waals surface area contributed by atoms with E-state index in [2.05, 4.69) is 25.3 Å². The molecule has 0 aliphatic carbocycles. The van der Waals surface area contributed by atoms with E-state index in [1.807, 2.05) is 10.8 Å². The van der Waals surface area contributed by atoms with Crippen molar-refractivity contribution in [2.45, 2.75) is 11.4 Å². The van der Waals surface area contributed by atoms with E-state index in [1.165, 1.54) is 31.0 Å². The lowest BCUT2D eigenvalue weighted by Crippen LogP contribution is -2.31. The molecule has 0 spiro atoms. The van der Waals surface area contributed by atoms with Crippen LogP contribution in [0.2, 0.25) is 0 Å². The number of aromatic amines is 1. The van der Waals surface area contributed by atoms with Crippen LogP contribution in [0.15, 0.2) is 52.5 Å². The van der Waals surface area contributed by atoms with Gasteiger partial charge in [0, 0.05) is 19.3 Å². The highest BCUT2D eigenvalue weighted by atomic mass is 32.2. The molecule has 0 saturated heterocycles. The average molecular weight is 426 g/mol. The molecule has 0 saturated carbocycles. The number of thioether (sulfide) groups is 1. The predicted molar refractivity (Wildman–Crippen MR) is 112 cm³/mol. The van der Waals surface area contributed by atoms with Crippen molar-refractivity contribution in [3.8, 4) is 5.88 Å². The Balaban J connectivity index is 1.50. The highest BCUT2D eigenvalue weighted by Gasteiger charge is 2.17. The number of pyridine rings is 1. The van der Waals surface area contributed by atoms with Crippen molar-refractivity contribution in [3.05, 3.63) is 59.5 Å². The van der Waals surface area contributed by atoms with Gasteiger partial charge < -0.3 is 15.0 Å². The molecule has 4 heterocycles. The summed E-state index contributed by atoms with van der Waals surface area (Å²) >= 11 is 1.52. The third-order valence-corrected chi connectivity index (χ3v) is 5.27. The highest BCUT2D eigenvalue weighted by Crippen LogP contribution is 2.22. The molecule has 8 nitrogen and oxygen atoms in total. The fourth-order valence-electron chi connectivity index (χ4n) is 3.04. The van der Waals surface area contributed by atoms with Gasteiger partial charge in [-0.15, -0.1) is 11.8 Å². The summed E-state index contributed by atoms with van der Waals surface area (Å²) in [6.07, 6.45) is 3.51. The number of aromatic nitrogens is 4. The summed E-state index contributed by atoms with van der Waals surface area (Å²) in [5.41, 5.74) is 2.49. The maximum Gasteiger partial charge on any atom is 0.256 e. The van der Waals surface area contributed by atoms with Gasteiger partial charge in [0.25, 0.3) is 5.91 Å². The number of carbonyl (C=O) groups is 1. The second kappa shape index (κ2) is 8.54. The lowest BCUT2D eigenvalue weighted by molar-refractivity contribution is 0.0948. The first-order chi connectivity index (χ1) is 14.6. The number of H-pyrrole nitrogens is 1. The van der Waals surface area contributed by atoms with E-state index in [-0.39, 0.29) is 17.6 Å². The third kappa shape index (κ3) is 3.86. The number of amides is 1. The number of ether oxygens (including phenoxy) is 1. The fourth-order valence-corrected chi connectivity index (χ4v) is 3.67. The Morgan fingerprint density at radius 1 is 1.33 bits per heavy atom. The Labute approximate surface area is 175 Å². The average Bonchev–Trinajstić information content (AvgIpc) is 2.77. The molecular weight excluding hydrogens is 407 g/mol. The molecular formula is C20H19FN6O2S. The van der Waals surface area contributed by atoms with Crippen LogP contribution in [0.1, 0.15) is 10.4 Å². The van der Waals surface area contributed by atoms with Crippen LogP contribution < -0.4 is 15.5 Å². The molecule has 0 unspecified atom stereocenters. The molecule has 2 N–H and O–H groups in total. The molecule has 0 radical (unpaired) electrons. The first-order valence-corrected chi connectivity index (χ1v) is 10.4. The number of benzene rings is 1. The van der Waals surface area contributed by atoms with Crippen LogP contribution in [0, 0.1) is 5.82 Å². The first kappa shape index (κ1) is 19.9. The van der Waals surface area contributed by atoms with Crippen molar-refractivity contribution < 1.29 is 13.9 Å². The zero-order chi connectivity index (χ0) is 21.1. The predicted octanol–water partition coefficient (Wildman–Crippen LogP) is 2.73. The fraction of sp³-hybridized carbons (Fsp3) is 0.200. The molecule has 0 fully saturated rings. The quantitative estimate of drug-likeness (QED) is 0.443. The second-order valence-corrected chi connectivity index (χ2v) is 7.14. The minimum Gasteiger partial charge on any atom is -0.480 e. The number of carbonyl (C=O) groups excluding carboxylic acids is 1. The van der Waals surface area contributed by atoms with E-state index < -0.39 is 0 Å². The van der Waals surface area contributed by atoms with E-state index in [1.54, 1.807) is 30.5 Å². The number of methoxy groups -OCH3 is 1. The molecule has 1 aromatic carbocycles. The lowest BCUT2D eigenvalue weighted by atomic mass is 10.2. The summed E-state index contributed by atoms with van der Waals surface area (Å²) in [7, 11) is 1.48. The molecule has 0 aliphatic rings. The summed E-state index contributed by atoms with van der Waals surface area (Å²) in [6.45, 7) is 0.955. The Morgan fingerprint density at radius 2 is 2.13 bits per heavy atom. The van der Waals surface area contributed by atoms with Gasteiger partial charge >= 0.3 is 0 Å². The van der Waals surface area contributed by atoms with Crippen molar-refractivity contribution in [2.75, 3.05) is 19.9 Å². The van der Waals surface area contributed by atoms with E-state index in [0.717, 1.165) is 10.5 Å². The molecule has 2 bridgehead atoms. The largest absolute Gasteiger partial charge is 0.480 e. The molecule has 1 amide bonds. The topological polar surface area (TPSA) is 97.2 Å². The van der Waals surface area contributed by atoms with Crippen LogP contribution in [0.4, 0.5) is 10.1 Å². The third-order valence-electron chi connectivity index (χ3n) is 4.48. The van der Waals surface area contributed by atoms with Crippen LogP contribution in [-0.2, 0) is 6.54 Å². The monoisotopic (exact) mass is 426 g/mol. The van der Waals surface area contributed by atoms with Crippen molar-refractivity contribution in [1.82, 2.24) is 24.8 Å². The van der Waals surface area contributed by atoms with Gasteiger partial charge in [0.05, 0.1) is 17.7 Å². The molecule has 0 aliphatic heterocycles. The smallest absolute Gasteiger partial charge is 0.256 e. The Morgan fingerprint density at radius 3 is 2.87 bits per heavy atom. The summed E-state index contributed by atoms with van der Waals surface area (Å²) < 4.78 is 20.2. The number of fused-ring (bicyclic) bond motifs is 2. The van der Waals surface area contributed by atoms with Gasteiger partial charge in [0.2, 0.25) is 11.7 Å².